The predicted molar refractivity (Wildman–Crippen MR) is 182 cm³/mol. The van der Waals surface area contributed by atoms with Crippen molar-refractivity contribution in [2.24, 2.45) is 40.2 Å². The maximum absolute atomic E-state index is 10.9. The van der Waals surface area contributed by atoms with E-state index >= 15 is 0 Å². The van der Waals surface area contributed by atoms with Gasteiger partial charge in [0.15, 0.2) is 0 Å². The molecule has 0 aromatic rings. The quantitative estimate of drug-likeness (QED) is 0.0787. The zero-order valence-electron chi connectivity index (χ0n) is 28.7. The average molecular weight is 603 g/mol. The number of unbranched alkanes of at least 4 members (excludes halogenated alkanes) is 3. The number of nitrogens with two attached hydrogens (primary N) is 1. The van der Waals surface area contributed by atoms with Crippen LogP contribution in [-0.2, 0) is 4.79 Å². The molecule has 3 saturated carbocycles. The Morgan fingerprint density at radius 1 is 0.837 bits per heavy atom. The molecule has 4 aliphatic rings. The summed E-state index contributed by atoms with van der Waals surface area (Å²) in [5.74, 6) is 2.94. The number of allylic oxidation sites excluding steroid dienone is 1. The molecule has 4 rings (SSSR count). The molecule has 43 heavy (non-hydrogen) atoms. The van der Waals surface area contributed by atoms with Crippen LogP contribution < -0.4 is 21.7 Å². The molecule has 0 heterocycles. The summed E-state index contributed by atoms with van der Waals surface area (Å²) in [6, 6.07) is 0.570. The number of aliphatic carboxylic acids is 1. The second kappa shape index (κ2) is 18.9. The van der Waals surface area contributed by atoms with Crippen molar-refractivity contribution in [3.05, 3.63) is 11.6 Å². The second-order valence-corrected chi connectivity index (χ2v) is 14.6. The zero-order chi connectivity index (χ0) is 31.1. The van der Waals surface area contributed by atoms with Crippen LogP contribution >= 0.6 is 0 Å². The van der Waals surface area contributed by atoms with E-state index in [9.17, 15) is 4.79 Å². The lowest BCUT2D eigenvalue weighted by atomic mass is 9.46. The maximum Gasteiger partial charge on any atom is 0.303 e. The van der Waals surface area contributed by atoms with Crippen LogP contribution in [0.2, 0.25) is 0 Å². The smallest absolute Gasteiger partial charge is 0.303 e. The largest absolute Gasteiger partial charge is 0.481 e. The van der Waals surface area contributed by atoms with Gasteiger partial charge in [-0.25, -0.2) is 0 Å². The van der Waals surface area contributed by atoms with E-state index in [-0.39, 0.29) is 0 Å². The number of fused-ring (bicyclic) bond motifs is 5. The molecular weight excluding hydrogens is 532 g/mol. The minimum atomic E-state index is -0.641. The Bertz CT molecular complexity index is 833. The van der Waals surface area contributed by atoms with Crippen LogP contribution in [0.3, 0.4) is 0 Å². The summed E-state index contributed by atoms with van der Waals surface area (Å²) in [6.07, 6.45) is 23.4. The average Bonchev–Trinajstić information content (AvgIpc) is 3.34. The Kier molecular flexibility index (Phi) is 16.0. The van der Waals surface area contributed by atoms with Crippen molar-refractivity contribution in [1.29, 1.82) is 0 Å². The van der Waals surface area contributed by atoms with Crippen molar-refractivity contribution in [3.8, 4) is 0 Å². The minimum absolute atomic E-state index is 0.339. The van der Waals surface area contributed by atoms with Gasteiger partial charge >= 0.3 is 5.97 Å². The molecule has 0 bridgehead atoms. The summed E-state index contributed by atoms with van der Waals surface area (Å²) < 4.78 is 0. The fraction of sp³-hybridized carbons (Fsp3) is 0.919. The molecule has 3 fully saturated rings. The molecule has 0 aromatic carbocycles. The van der Waals surface area contributed by atoms with E-state index in [4.69, 9.17) is 10.8 Å². The second-order valence-electron chi connectivity index (χ2n) is 14.6. The van der Waals surface area contributed by atoms with Gasteiger partial charge in [0.25, 0.3) is 0 Å². The van der Waals surface area contributed by atoms with Crippen molar-refractivity contribution in [2.75, 3.05) is 39.3 Å². The van der Waals surface area contributed by atoms with Gasteiger partial charge in [-0.2, -0.15) is 0 Å². The van der Waals surface area contributed by atoms with Crippen LogP contribution in [0.25, 0.3) is 0 Å². The predicted octanol–water partition coefficient (Wildman–Crippen LogP) is 7.28. The number of nitrogens with one attached hydrogen (secondary N) is 3. The molecular formula is C37H70N4O2. The van der Waals surface area contributed by atoms with Gasteiger partial charge in [-0.15, -0.1) is 0 Å². The standard InChI is InChI=1S/C35H64N4O2.C2H6/c1-34-19-17-32-30(31(34)15-13-27(34)10-4-3-5-11-33(40)41)14-12-28-26-29(16-18-35(28,32)2)39-25-9-24-38-22-7-6-21-37-23-8-20-36;1-2/h26-27,29-32,37-39H,3-25,36H2,1-2H3,(H,40,41);1-2H3. The summed E-state index contributed by atoms with van der Waals surface area (Å²) in [7, 11) is 0. The molecule has 6 nitrogen and oxygen atoms in total. The monoisotopic (exact) mass is 603 g/mol. The molecule has 250 valence electrons. The Morgan fingerprint density at radius 3 is 2.28 bits per heavy atom. The van der Waals surface area contributed by atoms with Gasteiger partial charge in [0.05, 0.1) is 0 Å². The van der Waals surface area contributed by atoms with E-state index in [1.165, 1.54) is 83.5 Å². The molecule has 0 aliphatic heterocycles. The van der Waals surface area contributed by atoms with Crippen molar-refractivity contribution in [2.45, 2.75) is 143 Å². The summed E-state index contributed by atoms with van der Waals surface area (Å²) >= 11 is 0. The number of hydrogen-bond donors (Lipinski definition) is 5. The van der Waals surface area contributed by atoms with Gasteiger partial charge in [0, 0.05) is 12.5 Å². The zero-order valence-corrected chi connectivity index (χ0v) is 28.7. The first-order chi connectivity index (χ1) is 20.9. The Labute approximate surface area is 265 Å². The topological polar surface area (TPSA) is 99.4 Å². The van der Waals surface area contributed by atoms with E-state index in [0.717, 1.165) is 82.2 Å². The van der Waals surface area contributed by atoms with Crippen molar-refractivity contribution < 1.29 is 9.90 Å². The molecule has 0 spiro atoms. The lowest BCUT2D eigenvalue weighted by molar-refractivity contribution is -0.137. The highest BCUT2D eigenvalue weighted by atomic mass is 16.4. The molecule has 0 amide bonds. The lowest BCUT2D eigenvalue weighted by Crippen LogP contribution is -2.51. The van der Waals surface area contributed by atoms with E-state index < -0.39 is 5.97 Å². The van der Waals surface area contributed by atoms with E-state index in [1.54, 1.807) is 5.57 Å². The van der Waals surface area contributed by atoms with Gasteiger partial charge in [-0.05, 0) is 164 Å². The van der Waals surface area contributed by atoms with Crippen molar-refractivity contribution in [1.82, 2.24) is 16.0 Å². The van der Waals surface area contributed by atoms with Gasteiger partial charge < -0.3 is 26.8 Å². The van der Waals surface area contributed by atoms with Crippen LogP contribution in [0, 0.1) is 34.5 Å². The lowest BCUT2D eigenvalue weighted by Gasteiger charge is -2.58. The number of carboxylic acids is 1. The number of carbonyl (C=O) groups is 1. The van der Waals surface area contributed by atoms with Crippen molar-refractivity contribution >= 4 is 5.97 Å². The summed E-state index contributed by atoms with van der Waals surface area (Å²) in [5, 5.41) is 19.9. The Hall–Kier alpha value is -0.950. The Balaban J connectivity index is 0.00000248. The first-order valence-corrected chi connectivity index (χ1v) is 18.7. The number of carboxylic acid groups (broad SMARTS) is 1. The van der Waals surface area contributed by atoms with E-state index in [1.807, 2.05) is 13.8 Å². The first-order valence-electron chi connectivity index (χ1n) is 18.7. The van der Waals surface area contributed by atoms with Crippen LogP contribution in [0.1, 0.15) is 137 Å². The highest BCUT2D eigenvalue weighted by molar-refractivity contribution is 5.66. The van der Waals surface area contributed by atoms with Gasteiger partial charge in [-0.1, -0.05) is 52.2 Å². The maximum atomic E-state index is 10.9. The van der Waals surface area contributed by atoms with E-state index in [2.05, 4.69) is 35.9 Å². The normalized spacial score (nSPS) is 33.0. The van der Waals surface area contributed by atoms with Crippen LogP contribution in [0.4, 0.5) is 0 Å². The molecule has 4 aliphatic carbocycles. The SMILES string of the molecule is CC.CC12CCC(NCCCNCCCCNCCCN)C=C1CCC1C2CCC2(C)C(CCCCCC(=O)O)CCC12. The van der Waals surface area contributed by atoms with Gasteiger partial charge in [0.1, 0.15) is 0 Å². The highest BCUT2D eigenvalue weighted by Gasteiger charge is 2.58. The van der Waals surface area contributed by atoms with Crippen LogP contribution in [0.5, 0.6) is 0 Å². The number of rotatable bonds is 19. The third-order valence-electron chi connectivity index (χ3n) is 12.2. The van der Waals surface area contributed by atoms with Crippen molar-refractivity contribution in [3.63, 3.8) is 0 Å². The molecule has 0 saturated heterocycles. The molecule has 7 unspecified atom stereocenters. The first kappa shape index (κ1) is 36.5. The third-order valence-corrected chi connectivity index (χ3v) is 12.2. The molecule has 6 N–H and O–H groups in total. The Morgan fingerprint density at radius 2 is 1.56 bits per heavy atom. The summed E-state index contributed by atoms with van der Waals surface area (Å²) in [4.78, 5) is 10.9. The summed E-state index contributed by atoms with van der Waals surface area (Å²) in [6.45, 7) is 15.6. The minimum Gasteiger partial charge on any atom is -0.481 e. The van der Waals surface area contributed by atoms with Gasteiger partial charge in [0.2, 0.25) is 0 Å². The fourth-order valence-electron chi connectivity index (χ4n) is 9.79. The van der Waals surface area contributed by atoms with E-state index in [0.29, 0.717) is 23.3 Å². The third kappa shape index (κ3) is 10.0. The molecule has 7 atom stereocenters. The molecule has 0 radical (unpaired) electrons. The van der Waals surface area contributed by atoms with Gasteiger partial charge in [-0.3, -0.25) is 4.79 Å². The number of hydrogen-bond acceptors (Lipinski definition) is 5. The van der Waals surface area contributed by atoms with Crippen LogP contribution in [0.15, 0.2) is 11.6 Å². The summed E-state index contributed by atoms with van der Waals surface area (Å²) in [5.41, 5.74) is 8.28. The van der Waals surface area contributed by atoms with Crippen LogP contribution in [-0.4, -0.2) is 56.4 Å². The fourth-order valence-corrected chi connectivity index (χ4v) is 9.79. The molecule has 0 aromatic heterocycles. The highest BCUT2D eigenvalue weighted by Crippen LogP contribution is 2.67. The molecule has 6 heteroatoms.